The maximum absolute atomic E-state index is 4.59. The van der Waals surface area contributed by atoms with E-state index in [4.69, 9.17) is 0 Å². The molecule has 1 aliphatic carbocycles. The molecule has 1 fully saturated rings. The van der Waals surface area contributed by atoms with E-state index in [0.29, 0.717) is 0 Å². The number of aromatic nitrogens is 3. The molecule has 2 heterocycles. The number of hydrogen-bond donors (Lipinski definition) is 1. The highest BCUT2D eigenvalue weighted by molar-refractivity contribution is 7.13. The summed E-state index contributed by atoms with van der Waals surface area (Å²) in [5.74, 6) is 0.787. The third kappa shape index (κ3) is 2.68. The lowest BCUT2D eigenvalue weighted by molar-refractivity contribution is 0.677. The topological polar surface area (TPSA) is 50.7 Å². The van der Waals surface area contributed by atoms with Crippen molar-refractivity contribution in [3.05, 3.63) is 29.2 Å². The van der Waals surface area contributed by atoms with Crippen LogP contribution < -0.4 is 5.32 Å². The van der Waals surface area contributed by atoms with E-state index in [1.807, 2.05) is 13.0 Å². The third-order valence-electron chi connectivity index (χ3n) is 2.70. The van der Waals surface area contributed by atoms with E-state index < -0.39 is 0 Å². The summed E-state index contributed by atoms with van der Waals surface area (Å²) in [7, 11) is 0. The predicted molar refractivity (Wildman–Crippen MR) is 67.7 cm³/mol. The fourth-order valence-electron chi connectivity index (χ4n) is 1.62. The summed E-state index contributed by atoms with van der Waals surface area (Å²) in [6.07, 6.45) is 4.39. The Morgan fingerprint density at radius 2 is 2.29 bits per heavy atom. The first-order valence-corrected chi connectivity index (χ1v) is 6.67. The van der Waals surface area contributed by atoms with Crippen molar-refractivity contribution in [1.82, 2.24) is 20.3 Å². The molecule has 0 saturated heterocycles. The van der Waals surface area contributed by atoms with Crippen LogP contribution in [0.5, 0.6) is 0 Å². The maximum Gasteiger partial charge on any atom is 0.142 e. The van der Waals surface area contributed by atoms with Crippen LogP contribution in [0.2, 0.25) is 0 Å². The lowest BCUT2D eigenvalue weighted by atomic mass is 10.4. The van der Waals surface area contributed by atoms with Crippen molar-refractivity contribution in [2.75, 3.05) is 0 Å². The van der Waals surface area contributed by atoms with E-state index in [9.17, 15) is 0 Å². The van der Waals surface area contributed by atoms with Gasteiger partial charge in [0.25, 0.3) is 0 Å². The second-order valence-electron chi connectivity index (χ2n) is 4.29. The molecule has 1 aliphatic rings. The van der Waals surface area contributed by atoms with Gasteiger partial charge in [0.1, 0.15) is 16.5 Å². The van der Waals surface area contributed by atoms with E-state index >= 15 is 0 Å². The predicted octanol–water partition coefficient (Wildman–Crippen LogP) is 2.16. The van der Waals surface area contributed by atoms with Crippen LogP contribution in [0.25, 0.3) is 10.7 Å². The van der Waals surface area contributed by atoms with Crippen LogP contribution >= 0.6 is 11.3 Å². The van der Waals surface area contributed by atoms with Crippen molar-refractivity contribution in [2.24, 2.45) is 0 Å². The van der Waals surface area contributed by atoms with E-state index in [-0.39, 0.29) is 0 Å². The molecule has 88 valence electrons. The quantitative estimate of drug-likeness (QED) is 0.898. The van der Waals surface area contributed by atoms with E-state index in [1.165, 1.54) is 12.8 Å². The Hall–Kier alpha value is -1.33. The molecule has 2 aromatic heterocycles. The Kier molecular flexibility index (Phi) is 2.86. The smallest absolute Gasteiger partial charge is 0.142 e. The highest BCUT2D eigenvalue weighted by Gasteiger charge is 2.20. The fourth-order valence-corrected chi connectivity index (χ4v) is 2.41. The van der Waals surface area contributed by atoms with Crippen LogP contribution in [0.15, 0.2) is 17.6 Å². The second kappa shape index (κ2) is 4.50. The van der Waals surface area contributed by atoms with Crippen LogP contribution in [0, 0.1) is 6.92 Å². The molecule has 0 amide bonds. The molecule has 1 saturated carbocycles. The van der Waals surface area contributed by atoms with Crippen molar-refractivity contribution in [1.29, 1.82) is 0 Å². The Morgan fingerprint density at radius 3 is 3.06 bits per heavy atom. The first-order valence-electron chi connectivity index (χ1n) is 5.79. The summed E-state index contributed by atoms with van der Waals surface area (Å²) >= 11 is 1.64. The van der Waals surface area contributed by atoms with Gasteiger partial charge in [-0.05, 0) is 25.8 Å². The monoisotopic (exact) mass is 246 g/mol. The molecule has 0 aliphatic heterocycles. The number of rotatable bonds is 4. The average Bonchev–Trinajstić information content (AvgIpc) is 3.04. The minimum absolute atomic E-state index is 0.724. The first kappa shape index (κ1) is 10.8. The zero-order valence-electron chi connectivity index (χ0n) is 9.68. The Balaban J connectivity index is 1.74. The fraction of sp³-hybridized carbons (Fsp3) is 0.417. The molecule has 0 spiro atoms. The zero-order valence-corrected chi connectivity index (χ0v) is 10.5. The van der Waals surface area contributed by atoms with Gasteiger partial charge in [0.15, 0.2) is 0 Å². The van der Waals surface area contributed by atoms with Crippen molar-refractivity contribution < 1.29 is 0 Å². The highest BCUT2D eigenvalue weighted by Crippen LogP contribution is 2.23. The minimum Gasteiger partial charge on any atom is -0.308 e. The summed E-state index contributed by atoms with van der Waals surface area (Å²) in [6.45, 7) is 2.76. The van der Waals surface area contributed by atoms with Gasteiger partial charge in [-0.2, -0.15) is 0 Å². The molecule has 1 N–H and O–H groups in total. The van der Waals surface area contributed by atoms with E-state index in [0.717, 1.165) is 34.8 Å². The number of aryl methyl sites for hydroxylation is 1. The zero-order chi connectivity index (χ0) is 11.7. The summed E-state index contributed by atoms with van der Waals surface area (Å²) in [5.41, 5.74) is 2.02. The normalized spacial score (nSPS) is 15.1. The van der Waals surface area contributed by atoms with Crippen LogP contribution in [-0.2, 0) is 6.54 Å². The first-order chi connectivity index (χ1) is 8.31. The van der Waals surface area contributed by atoms with Crippen LogP contribution in [0.4, 0.5) is 0 Å². The minimum atomic E-state index is 0.724. The lowest BCUT2D eigenvalue weighted by Gasteiger charge is -1.98. The molecular formula is C12H14N4S. The molecule has 0 unspecified atom stereocenters. The molecule has 17 heavy (non-hydrogen) atoms. The van der Waals surface area contributed by atoms with Crippen molar-refractivity contribution >= 4 is 11.3 Å². The van der Waals surface area contributed by atoms with Gasteiger partial charge in [0.05, 0.1) is 5.69 Å². The Morgan fingerprint density at radius 1 is 1.41 bits per heavy atom. The molecule has 0 radical (unpaired) electrons. The third-order valence-corrected chi connectivity index (χ3v) is 3.61. The molecule has 2 aromatic rings. The number of nitrogens with zero attached hydrogens (tertiary/aromatic N) is 3. The summed E-state index contributed by atoms with van der Waals surface area (Å²) in [4.78, 5) is 13.1. The number of hydrogen-bond acceptors (Lipinski definition) is 5. The van der Waals surface area contributed by atoms with Crippen LogP contribution in [0.3, 0.4) is 0 Å². The van der Waals surface area contributed by atoms with Crippen LogP contribution in [0.1, 0.15) is 24.4 Å². The molecule has 0 atom stereocenters. The molecule has 3 rings (SSSR count). The SMILES string of the molecule is Cc1nccc(-c2nc(CNC3CC3)cs2)n1. The van der Waals surface area contributed by atoms with Gasteiger partial charge in [-0.3, -0.25) is 0 Å². The van der Waals surface area contributed by atoms with Gasteiger partial charge < -0.3 is 5.32 Å². The number of thiazole rings is 1. The van der Waals surface area contributed by atoms with Gasteiger partial charge >= 0.3 is 0 Å². The molecule has 0 bridgehead atoms. The van der Waals surface area contributed by atoms with E-state index in [2.05, 4.69) is 25.6 Å². The second-order valence-corrected chi connectivity index (χ2v) is 5.15. The largest absolute Gasteiger partial charge is 0.308 e. The molecule has 0 aromatic carbocycles. The Bertz CT molecular complexity index is 519. The highest BCUT2D eigenvalue weighted by atomic mass is 32.1. The van der Waals surface area contributed by atoms with Crippen molar-refractivity contribution in [3.63, 3.8) is 0 Å². The molecule has 5 heteroatoms. The van der Waals surface area contributed by atoms with Crippen molar-refractivity contribution in [2.45, 2.75) is 32.4 Å². The maximum atomic E-state index is 4.59. The summed E-state index contributed by atoms with van der Waals surface area (Å²) in [6, 6.07) is 2.63. The average molecular weight is 246 g/mol. The van der Waals surface area contributed by atoms with Crippen molar-refractivity contribution in [3.8, 4) is 10.7 Å². The summed E-state index contributed by atoms with van der Waals surface area (Å²) in [5, 5.41) is 6.53. The lowest BCUT2D eigenvalue weighted by Crippen LogP contribution is -2.15. The summed E-state index contributed by atoms with van der Waals surface area (Å²) < 4.78 is 0. The van der Waals surface area contributed by atoms with Gasteiger partial charge in [0.2, 0.25) is 0 Å². The van der Waals surface area contributed by atoms with Gasteiger partial charge in [-0.15, -0.1) is 11.3 Å². The molecule has 4 nitrogen and oxygen atoms in total. The van der Waals surface area contributed by atoms with Crippen LogP contribution in [-0.4, -0.2) is 21.0 Å². The number of nitrogens with one attached hydrogen (secondary N) is 1. The van der Waals surface area contributed by atoms with Gasteiger partial charge in [-0.1, -0.05) is 0 Å². The standard InChI is InChI=1S/C12H14N4S/c1-8-13-5-4-11(15-8)12-16-10(7-17-12)6-14-9-2-3-9/h4-5,7,9,14H,2-3,6H2,1H3. The molecular weight excluding hydrogens is 232 g/mol. The van der Waals surface area contributed by atoms with Gasteiger partial charge in [0, 0.05) is 24.2 Å². The van der Waals surface area contributed by atoms with Gasteiger partial charge in [-0.25, -0.2) is 15.0 Å². The van der Waals surface area contributed by atoms with E-state index in [1.54, 1.807) is 17.5 Å². The Labute approximate surface area is 104 Å².